The summed E-state index contributed by atoms with van der Waals surface area (Å²) in [5.74, 6) is 2.45. The Morgan fingerprint density at radius 3 is 2.86 bits per heavy atom. The smallest absolute Gasteiger partial charge is 0.259 e. The van der Waals surface area contributed by atoms with E-state index in [0.29, 0.717) is 11.9 Å². The van der Waals surface area contributed by atoms with Crippen LogP contribution in [-0.2, 0) is 6.54 Å². The molecule has 0 atom stereocenters. The van der Waals surface area contributed by atoms with Gasteiger partial charge < -0.3 is 4.57 Å². The first-order valence-electron chi connectivity index (χ1n) is 4.34. The normalized spacial score (nSPS) is 9.93. The van der Waals surface area contributed by atoms with Gasteiger partial charge in [-0.05, 0) is 17.5 Å². The molecular formula is C12H9NO. The first-order valence-corrected chi connectivity index (χ1v) is 4.34. The molecule has 2 aromatic rings. The molecule has 1 aromatic heterocycles. The summed E-state index contributed by atoms with van der Waals surface area (Å²) in [6.07, 6.45) is 6.89. The average molecular weight is 183 g/mol. The number of pyridine rings is 1. The van der Waals surface area contributed by atoms with Crippen molar-refractivity contribution in [2.24, 2.45) is 0 Å². The molecule has 0 aliphatic rings. The summed E-state index contributed by atoms with van der Waals surface area (Å²) in [7, 11) is 0. The lowest BCUT2D eigenvalue weighted by molar-refractivity contribution is 0.807. The molecule has 0 amide bonds. The van der Waals surface area contributed by atoms with Gasteiger partial charge in [-0.25, -0.2) is 0 Å². The molecule has 0 spiro atoms. The van der Waals surface area contributed by atoms with Gasteiger partial charge in [-0.2, -0.15) is 0 Å². The highest BCUT2D eigenvalue weighted by atomic mass is 16.1. The van der Waals surface area contributed by atoms with E-state index in [4.69, 9.17) is 6.42 Å². The molecule has 0 aliphatic carbocycles. The second-order valence-electron chi connectivity index (χ2n) is 3.04. The van der Waals surface area contributed by atoms with E-state index in [0.717, 1.165) is 5.39 Å². The number of hydrogen-bond acceptors (Lipinski definition) is 1. The van der Waals surface area contributed by atoms with Crippen molar-refractivity contribution >= 4 is 10.8 Å². The number of hydrogen-bond donors (Lipinski definition) is 0. The molecular weight excluding hydrogens is 174 g/mol. The van der Waals surface area contributed by atoms with Crippen molar-refractivity contribution in [2.75, 3.05) is 0 Å². The van der Waals surface area contributed by atoms with E-state index < -0.39 is 0 Å². The average Bonchev–Trinajstić information content (AvgIpc) is 2.23. The van der Waals surface area contributed by atoms with Crippen LogP contribution in [0, 0.1) is 12.3 Å². The largest absolute Gasteiger partial charge is 0.303 e. The fraction of sp³-hybridized carbons (Fsp3) is 0.0833. The van der Waals surface area contributed by atoms with Gasteiger partial charge in [0.1, 0.15) is 0 Å². The number of rotatable bonds is 1. The van der Waals surface area contributed by atoms with Crippen LogP contribution in [0.5, 0.6) is 0 Å². The molecule has 2 nitrogen and oxygen atoms in total. The SMILES string of the molecule is C#CCn1ccc2ccccc2c1=O. The number of benzene rings is 1. The van der Waals surface area contributed by atoms with Crippen LogP contribution in [0.3, 0.4) is 0 Å². The molecule has 0 radical (unpaired) electrons. The minimum Gasteiger partial charge on any atom is -0.303 e. The van der Waals surface area contributed by atoms with Crippen LogP contribution in [0.4, 0.5) is 0 Å². The van der Waals surface area contributed by atoms with E-state index in [1.807, 2.05) is 30.3 Å². The zero-order valence-corrected chi connectivity index (χ0v) is 7.60. The van der Waals surface area contributed by atoms with Crippen LogP contribution in [0.15, 0.2) is 41.3 Å². The molecule has 0 saturated heterocycles. The molecule has 0 bridgehead atoms. The third-order valence-electron chi connectivity index (χ3n) is 2.15. The molecule has 1 heterocycles. The van der Waals surface area contributed by atoms with Gasteiger partial charge in [-0.15, -0.1) is 6.42 Å². The highest BCUT2D eigenvalue weighted by molar-refractivity contribution is 5.81. The highest BCUT2D eigenvalue weighted by Gasteiger charge is 1.99. The Morgan fingerprint density at radius 2 is 2.07 bits per heavy atom. The third-order valence-corrected chi connectivity index (χ3v) is 2.15. The summed E-state index contributed by atoms with van der Waals surface area (Å²) in [5, 5.41) is 1.66. The maximum Gasteiger partial charge on any atom is 0.259 e. The number of nitrogens with zero attached hydrogens (tertiary/aromatic N) is 1. The summed E-state index contributed by atoms with van der Waals surface area (Å²) >= 11 is 0. The number of terminal acetylenes is 1. The molecule has 0 fully saturated rings. The third kappa shape index (κ3) is 1.29. The van der Waals surface area contributed by atoms with Gasteiger partial charge in [0.15, 0.2) is 0 Å². The maximum atomic E-state index is 11.8. The van der Waals surface area contributed by atoms with Crippen LogP contribution < -0.4 is 5.56 Å². The van der Waals surface area contributed by atoms with E-state index in [9.17, 15) is 4.79 Å². The Balaban J connectivity index is 2.77. The Hall–Kier alpha value is -2.01. The van der Waals surface area contributed by atoms with E-state index in [1.54, 1.807) is 6.20 Å². The zero-order chi connectivity index (χ0) is 9.97. The van der Waals surface area contributed by atoms with Crippen molar-refractivity contribution in [3.8, 4) is 12.3 Å². The van der Waals surface area contributed by atoms with E-state index in [-0.39, 0.29) is 5.56 Å². The summed E-state index contributed by atoms with van der Waals surface area (Å²) < 4.78 is 1.53. The fourth-order valence-corrected chi connectivity index (χ4v) is 1.45. The van der Waals surface area contributed by atoms with E-state index in [2.05, 4.69) is 5.92 Å². The Kier molecular flexibility index (Phi) is 2.08. The summed E-state index contributed by atoms with van der Waals surface area (Å²) in [6, 6.07) is 9.38. The van der Waals surface area contributed by atoms with Gasteiger partial charge in [0.2, 0.25) is 0 Å². The number of fused-ring (bicyclic) bond motifs is 1. The van der Waals surface area contributed by atoms with Gasteiger partial charge in [0.05, 0.1) is 6.54 Å². The van der Waals surface area contributed by atoms with Crippen LogP contribution in [0.2, 0.25) is 0 Å². The summed E-state index contributed by atoms with van der Waals surface area (Å²) in [6.45, 7) is 0.323. The van der Waals surface area contributed by atoms with Crippen molar-refractivity contribution in [1.29, 1.82) is 0 Å². The van der Waals surface area contributed by atoms with Crippen LogP contribution in [0.25, 0.3) is 10.8 Å². The first kappa shape index (κ1) is 8.58. The summed E-state index contributed by atoms with van der Waals surface area (Å²) in [5.41, 5.74) is -0.0268. The predicted molar refractivity (Wildman–Crippen MR) is 57.0 cm³/mol. The van der Waals surface area contributed by atoms with Crippen molar-refractivity contribution in [3.63, 3.8) is 0 Å². The van der Waals surface area contributed by atoms with E-state index >= 15 is 0 Å². The molecule has 0 saturated carbocycles. The Bertz CT molecular complexity index is 560. The second-order valence-corrected chi connectivity index (χ2v) is 3.04. The number of aromatic nitrogens is 1. The lowest BCUT2D eigenvalue weighted by atomic mass is 10.2. The van der Waals surface area contributed by atoms with Gasteiger partial charge >= 0.3 is 0 Å². The van der Waals surface area contributed by atoms with Crippen molar-refractivity contribution < 1.29 is 0 Å². The van der Waals surface area contributed by atoms with Crippen molar-refractivity contribution in [1.82, 2.24) is 4.57 Å². The van der Waals surface area contributed by atoms with Gasteiger partial charge in [-0.3, -0.25) is 4.79 Å². The second kappa shape index (κ2) is 3.39. The monoisotopic (exact) mass is 183 g/mol. The molecule has 14 heavy (non-hydrogen) atoms. The van der Waals surface area contributed by atoms with Crippen LogP contribution >= 0.6 is 0 Å². The molecule has 0 N–H and O–H groups in total. The highest BCUT2D eigenvalue weighted by Crippen LogP contribution is 2.07. The standard InChI is InChI=1S/C12H9NO/c1-2-8-13-9-7-10-5-3-4-6-11(10)12(13)14/h1,3-7,9H,8H2. The molecule has 0 aliphatic heterocycles. The van der Waals surface area contributed by atoms with Crippen LogP contribution in [0.1, 0.15) is 0 Å². The zero-order valence-electron chi connectivity index (χ0n) is 7.60. The molecule has 0 unspecified atom stereocenters. The van der Waals surface area contributed by atoms with Gasteiger partial charge in [-0.1, -0.05) is 24.1 Å². The van der Waals surface area contributed by atoms with Crippen LogP contribution in [-0.4, -0.2) is 4.57 Å². The quantitative estimate of drug-likeness (QED) is 0.616. The molecule has 68 valence electrons. The lowest BCUT2D eigenvalue weighted by Crippen LogP contribution is -2.18. The van der Waals surface area contributed by atoms with E-state index in [1.165, 1.54) is 4.57 Å². The Labute approximate surface area is 81.8 Å². The van der Waals surface area contributed by atoms with Gasteiger partial charge in [0, 0.05) is 11.6 Å². The topological polar surface area (TPSA) is 22.0 Å². The predicted octanol–water partition coefficient (Wildman–Crippen LogP) is 1.63. The first-order chi connectivity index (χ1) is 6.83. The molecule has 2 heteroatoms. The molecule has 1 aromatic carbocycles. The minimum atomic E-state index is -0.0268. The summed E-state index contributed by atoms with van der Waals surface area (Å²) in [4.78, 5) is 11.8. The Morgan fingerprint density at radius 1 is 1.29 bits per heavy atom. The molecule has 2 rings (SSSR count). The fourth-order valence-electron chi connectivity index (χ4n) is 1.45. The maximum absolute atomic E-state index is 11.8. The van der Waals surface area contributed by atoms with Gasteiger partial charge in [0.25, 0.3) is 5.56 Å². The minimum absolute atomic E-state index is 0.0268. The van der Waals surface area contributed by atoms with Crippen molar-refractivity contribution in [3.05, 3.63) is 46.9 Å². The van der Waals surface area contributed by atoms with Crippen molar-refractivity contribution in [2.45, 2.75) is 6.54 Å². The lowest BCUT2D eigenvalue weighted by Gasteiger charge is -2.02.